The van der Waals surface area contributed by atoms with Crippen molar-refractivity contribution in [2.75, 3.05) is 26.7 Å². The van der Waals surface area contributed by atoms with Crippen molar-refractivity contribution in [2.45, 2.75) is 38.0 Å². The summed E-state index contributed by atoms with van der Waals surface area (Å²) in [6.45, 7) is 4.08. The maximum absolute atomic E-state index is 13.2. The molecule has 1 aromatic rings. The van der Waals surface area contributed by atoms with Crippen LogP contribution in [-0.2, 0) is 15.0 Å². The molecular weight excluding hydrogens is 304 g/mol. The first-order chi connectivity index (χ1) is 11.5. The van der Waals surface area contributed by atoms with Crippen LogP contribution in [0, 0.1) is 5.92 Å². The summed E-state index contributed by atoms with van der Waals surface area (Å²) < 4.78 is 5.71. The number of carbonyl (C=O) groups excluding carboxylic acids is 2. The zero-order chi connectivity index (χ0) is 17.2. The fourth-order valence-corrected chi connectivity index (χ4v) is 3.82. The van der Waals surface area contributed by atoms with E-state index in [0.29, 0.717) is 25.4 Å². The van der Waals surface area contributed by atoms with E-state index < -0.39 is 5.41 Å². The van der Waals surface area contributed by atoms with Gasteiger partial charge in [0.25, 0.3) is 0 Å². The Bertz CT molecular complexity index is 623. The lowest BCUT2D eigenvalue weighted by atomic mass is 9.76. The Labute approximate surface area is 143 Å². The second-order valence-electron chi connectivity index (χ2n) is 7.04. The van der Waals surface area contributed by atoms with Crippen molar-refractivity contribution in [2.24, 2.45) is 5.92 Å². The summed E-state index contributed by atoms with van der Waals surface area (Å²) in [6, 6.07) is 7.86. The highest BCUT2D eigenvalue weighted by molar-refractivity contribution is 5.89. The normalized spacial score (nSPS) is 24.0. The Morgan fingerprint density at radius 2 is 2.00 bits per heavy atom. The van der Waals surface area contributed by atoms with Gasteiger partial charge in [-0.1, -0.05) is 18.2 Å². The number of benzene rings is 1. The molecule has 5 nitrogen and oxygen atoms in total. The van der Waals surface area contributed by atoms with Crippen LogP contribution in [0.15, 0.2) is 24.3 Å². The summed E-state index contributed by atoms with van der Waals surface area (Å²) in [7, 11) is 1.67. The van der Waals surface area contributed by atoms with Gasteiger partial charge in [-0.25, -0.2) is 0 Å². The van der Waals surface area contributed by atoms with Crippen molar-refractivity contribution in [3.63, 3.8) is 0 Å². The van der Waals surface area contributed by atoms with E-state index in [2.05, 4.69) is 5.32 Å². The fraction of sp³-hybridized carbons (Fsp3) is 0.579. The molecule has 1 unspecified atom stereocenters. The van der Waals surface area contributed by atoms with Gasteiger partial charge in [0.05, 0.1) is 12.0 Å². The Morgan fingerprint density at radius 1 is 1.29 bits per heavy atom. The summed E-state index contributed by atoms with van der Waals surface area (Å²) in [4.78, 5) is 26.7. The second-order valence-corrected chi connectivity index (χ2v) is 7.04. The Hall–Kier alpha value is -2.04. The van der Waals surface area contributed by atoms with Gasteiger partial charge in [-0.15, -0.1) is 0 Å². The number of piperidine rings is 1. The summed E-state index contributed by atoms with van der Waals surface area (Å²) in [5.74, 6) is 1.49. The SMILES string of the molecule is CNC(=O)CC1CCN(C(=O)C2(C)CCOc3ccccc32)CC1. The van der Waals surface area contributed by atoms with Crippen LogP contribution in [0.25, 0.3) is 0 Å². The standard InChI is InChI=1S/C19H26N2O3/c1-19(9-12-24-16-6-4-3-5-15(16)19)18(23)21-10-7-14(8-11-21)13-17(22)20-2/h3-6,14H,7-13H2,1-2H3,(H,20,22). The molecule has 24 heavy (non-hydrogen) atoms. The number of amides is 2. The van der Waals surface area contributed by atoms with E-state index in [0.717, 1.165) is 37.2 Å². The number of likely N-dealkylation sites (tertiary alicyclic amines) is 1. The Kier molecular flexibility index (Phi) is 4.78. The fourth-order valence-electron chi connectivity index (χ4n) is 3.82. The number of ether oxygens (including phenoxy) is 1. The zero-order valence-electron chi connectivity index (χ0n) is 14.5. The largest absolute Gasteiger partial charge is 0.493 e. The number of hydrogen-bond acceptors (Lipinski definition) is 3. The van der Waals surface area contributed by atoms with Gasteiger partial charge in [0, 0.05) is 32.1 Å². The van der Waals surface area contributed by atoms with Crippen LogP contribution in [0.3, 0.4) is 0 Å². The smallest absolute Gasteiger partial charge is 0.233 e. The molecule has 0 aromatic heterocycles. The quantitative estimate of drug-likeness (QED) is 0.923. The monoisotopic (exact) mass is 330 g/mol. The maximum Gasteiger partial charge on any atom is 0.233 e. The highest BCUT2D eigenvalue weighted by Gasteiger charge is 2.43. The van der Waals surface area contributed by atoms with Gasteiger partial charge < -0.3 is 15.0 Å². The lowest BCUT2D eigenvalue weighted by Crippen LogP contribution is -2.50. The molecule has 1 atom stereocenters. The summed E-state index contributed by atoms with van der Waals surface area (Å²) in [6.07, 6.45) is 3.06. The molecule has 1 fully saturated rings. The van der Waals surface area contributed by atoms with Crippen LogP contribution >= 0.6 is 0 Å². The van der Waals surface area contributed by atoms with Crippen LogP contribution in [-0.4, -0.2) is 43.5 Å². The van der Waals surface area contributed by atoms with Crippen molar-refractivity contribution in [3.8, 4) is 5.75 Å². The number of fused-ring (bicyclic) bond motifs is 1. The van der Waals surface area contributed by atoms with Gasteiger partial charge in [0.1, 0.15) is 5.75 Å². The summed E-state index contributed by atoms with van der Waals surface area (Å²) >= 11 is 0. The molecule has 2 aliphatic rings. The van der Waals surface area contributed by atoms with E-state index in [9.17, 15) is 9.59 Å². The molecule has 5 heteroatoms. The van der Waals surface area contributed by atoms with Crippen LogP contribution in [0.2, 0.25) is 0 Å². The number of hydrogen-bond donors (Lipinski definition) is 1. The zero-order valence-corrected chi connectivity index (χ0v) is 14.5. The van der Waals surface area contributed by atoms with E-state index >= 15 is 0 Å². The number of rotatable bonds is 3. The second kappa shape index (κ2) is 6.83. The van der Waals surface area contributed by atoms with Gasteiger partial charge in [-0.2, -0.15) is 0 Å². The molecule has 2 amide bonds. The molecule has 3 rings (SSSR count). The third-order valence-electron chi connectivity index (χ3n) is 5.47. The Balaban J connectivity index is 1.69. The summed E-state index contributed by atoms with van der Waals surface area (Å²) in [5.41, 5.74) is 0.483. The predicted molar refractivity (Wildman–Crippen MR) is 91.9 cm³/mol. The Morgan fingerprint density at radius 3 is 2.71 bits per heavy atom. The molecule has 1 saturated heterocycles. The van der Waals surface area contributed by atoms with Crippen molar-refractivity contribution in [1.29, 1.82) is 0 Å². The van der Waals surface area contributed by atoms with Crippen molar-refractivity contribution >= 4 is 11.8 Å². The molecule has 2 heterocycles. The third kappa shape index (κ3) is 3.12. The molecule has 130 valence electrons. The van der Waals surface area contributed by atoms with Crippen LogP contribution in [0.4, 0.5) is 0 Å². The molecule has 2 aliphatic heterocycles. The van der Waals surface area contributed by atoms with Crippen LogP contribution in [0.5, 0.6) is 5.75 Å². The van der Waals surface area contributed by atoms with Gasteiger partial charge in [-0.3, -0.25) is 9.59 Å². The van der Waals surface area contributed by atoms with E-state index in [4.69, 9.17) is 4.74 Å². The van der Waals surface area contributed by atoms with E-state index in [-0.39, 0.29) is 11.8 Å². The van der Waals surface area contributed by atoms with E-state index in [1.807, 2.05) is 36.1 Å². The van der Waals surface area contributed by atoms with Gasteiger partial charge in [0.15, 0.2) is 0 Å². The van der Waals surface area contributed by atoms with Gasteiger partial charge >= 0.3 is 0 Å². The number of nitrogens with zero attached hydrogens (tertiary/aromatic N) is 1. The minimum Gasteiger partial charge on any atom is -0.493 e. The lowest BCUT2D eigenvalue weighted by molar-refractivity contribution is -0.139. The molecule has 0 bridgehead atoms. The lowest BCUT2D eigenvalue weighted by Gasteiger charge is -2.41. The van der Waals surface area contributed by atoms with Crippen molar-refractivity contribution in [1.82, 2.24) is 10.2 Å². The average Bonchev–Trinajstić information content (AvgIpc) is 2.62. The third-order valence-corrected chi connectivity index (χ3v) is 5.47. The van der Waals surface area contributed by atoms with Gasteiger partial charge in [0.2, 0.25) is 11.8 Å². The number of nitrogens with one attached hydrogen (secondary N) is 1. The first kappa shape index (κ1) is 16.8. The highest BCUT2D eigenvalue weighted by Crippen LogP contribution is 2.40. The number of para-hydroxylation sites is 1. The maximum atomic E-state index is 13.2. The number of carbonyl (C=O) groups is 2. The molecule has 1 aromatic carbocycles. The van der Waals surface area contributed by atoms with Crippen LogP contribution < -0.4 is 10.1 Å². The first-order valence-corrected chi connectivity index (χ1v) is 8.77. The van der Waals surface area contributed by atoms with Crippen molar-refractivity contribution < 1.29 is 14.3 Å². The van der Waals surface area contributed by atoms with Crippen LogP contribution in [0.1, 0.15) is 38.2 Å². The molecule has 0 aliphatic carbocycles. The van der Waals surface area contributed by atoms with Gasteiger partial charge in [-0.05, 0) is 38.2 Å². The highest BCUT2D eigenvalue weighted by atomic mass is 16.5. The molecule has 0 spiro atoms. The molecule has 1 N–H and O–H groups in total. The van der Waals surface area contributed by atoms with E-state index in [1.54, 1.807) is 7.05 Å². The first-order valence-electron chi connectivity index (χ1n) is 8.77. The molecular formula is C19H26N2O3. The molecule has 0 radical (unpaired) electrons. The summed E-state index contributed by atoms with van der Waals surface area (Å²) in [5, 5.41) is 2.68. The average molecular weight is 330 g/mol. The molecule has 0 saturated carbocycles. The van der Waals surface area contributed by atoms with E-state index in [1.165, 1.54) is 0 Å². The van der Waals surface area contributed by atoms with Crippen molar-refractivity contribution in [3.05, 3.63) is 29.8 Å². The minimum atomic E-state index is -0.511. The minimum absolute atomic E-state index is 0.0881. The predicted octanol–water partition coefficient (Wildman–Crippen LogP) is 2.10. The topological polar surface area (TPSA) is 58.6 Å².